The van der Waals surface area contributed by atoms with E-state index in [4.69, 9.17) is 9.47 Å². The minimum Gasteiger partial charge on any atom is -0.454 e. The normalized spacial score (nSPS) is 17.7. The molecule has 0 saturated carbocycles. The Morgan fingerprint density at radius 1 is 1.19 bits per heavy atom. The highest BCUT2D eigenvalue weighted by Crippen LogP contribution is 2.35. The van der Waals surface area contributed by atoms with Crippen molar-refractivity contribution in [3.63, 3.8) is 0 Å². The Bertz CT molecular complexity index is 1060. The summed E-state index contributed by atoms with van der Waals surface area (Å²) in [5.74, 6) is 1.08. The average Bonchev–Trinajstić information content (AvgIpc) is 3.24. The third-order valence-corrected chi connectivity index (χ3v) is 4.48. The lowest BCUT2D eigenvalue weighted by atomic mass is 10.1. The van der Waals surface area contributed by atoms with Gasteiger partial charge in [0, 0.05) is 11.8 Å². The van der Waals surface area contributed by atoms with E-state index in [1.807, 2.05) is 24.3 Å². The van der Waals surface area contributed by atoms with Crippen LogP contribution in [0.25, 0.3) is 11.0 Å². The molecule has 8 heteroatoms. The third-order valence-electron chi connectivity index (χ3n) is 4.48. The lowest BCUT2D eigenvalue weighted by Gasteiger charge is -2.25. The number of carbonyl (C=O) groups is 2. The maximum absolute atomic E-state index is 12.9. The molecule has 0 bridgehead atoms. The lowest BCUT2D eigenvalue weighted by Crippen LogP contribution is -2.35. The van der Waals surface area contributed by atoms with Gasteiger partial charge in [0.05, 0.1) is 17.5 Å². The SMILES string of the molecule is O=C1C[C@H](C(=O)Nc2ccc3c(c2)OCO3)n2c(nc3ccccc32)N1. The molecule has 2 N–H and O–H groups in total. The zero-order valence-corrected chi connectivity index (χ0v) is 13.6. The molecule has 2 aliphatic rings. The number of hydrogen-bond donors (Lipinski definition) is 2. The first kappa shape index (κ1) is 14.8. The number of fused-ring (bicyclic) bond motifs is 4. The Morgan fingerprint density at radius 2 is 2.04 bits per heavy atom. The molecule has 0 spiro atoms. The first-order valence-electron chi connectivity index (χ1n) is 8.16. The quantitative estimate of drug-likeness (QED) is 0.739. The summed E-state index contributed by atoms with van der Waals surface area (Å²) in [6, 6.07) is 12.0. The molecule has 130 valence electrons. The van der Waals surface area contributed by atoms with Crippen LogP contribution in [0.15, 0.2) is 42.5 Å². The Hall–Kier alpha value is -3.55. The van der Waals surface area contributed by atoms with Crippen LogP contribution in [0.2, 0.25) is 0 Å². The second-order valence-corrected chi connectivity index (χ2v) is 6.12. The van der Waals surface area contributed by atoms with E-state index >= 15 is 0 Å². The first-order chi connectivity index (χ1) is 12.7. The van der Waals surface area contributed by atoms with Crippen LogP contribution < -0.4 is 20.1 Å². The summed E-state index contributed by atoms with van der Waals surface area (Å²) in [7, 11) is 0. The molecule has 0 unspecified atom stereocenters. The van der Waals surface area contributed by atoms with E-state index in [1.54, 1.807) is 22.8 Å². The molecule has 2 aromatic carbocycles. The molecular weight excluding hydrogens is 336 g/mol. The summed E-state index contributed by atoms with van der Waals surface area (Å²) in [6.07, 6.45) is 0.0454. The van der Waals surface area contributed by atoms with Gasteiger partial charge in [0.25, 0.3) is 0 Å². The molecule has 5 rings (SSSR count). The topological polar surface area (TPSA) is 94.5 Å². The van der Waals surface area contributed by atoms with Crippen LogP contribution in [0.3, 0.4) is 0 Å². The van der Waals surface area contributed by atoms with Crippen LogP contribution in [0.4, 0.5) is 11.6 Å². The van der Waals surface area contributed by atoms with Crippen molar-refractivity contribution in [3.05, 3.63) is 42.5 Å². The summed E-state index contributed by atoms with van der Waals surface area (Å²) in [5, 5.41) is 5.58. The molecular formula is C18H14N4O4. The fraction of sp³-hybridized carbons (Fsp3) is 0.167. The predicted molar refractivity (Wildman–Crippen MR) is 93.2 cm³/mol. The number of imidazole rings is 1. The largest absolute Gasteiger partial charge is 0.454 e. The minimum absolute atomic E-state index is 0.0454. The van der Waals surface area contributed by atoms with Gasteiger partial charge >= 0.3 is 0 Å². The Kier molecular flexibility index (Phi) is 3.11. The summed E-state index contributed by atoms with van der Waals surface area (Å²) in [4.78, 5) is 29.4. The van der Waals surface area contributed by atoms with E-state index in [0.29, 0.717) is 23.1 Å². The van der Waals surface area contributed by atoms with Gasteiger partial charge in [-0.1, -0.05) is 12.1 Å². The van der Waals surface area contributed by atoms with Gasteiger partial charge in [-0.3, -0.25) is 19.5 Å². The number of rotatable bonds is 2. The minimum atomic E-state index is -0.684. The zero-order valence-electron chi connectivity index (χ0n) is 13.6. The molecule has 0 saturated heterocycles. The Labute approximate surface area is 147 Å². The molecule has 3 aromatic rings. The maximum Gasteiger partial charge on any atom is 0.248 e. The molecule has 2 aliphatic heterocycles. The van der Waals surface area contributed by atoms with Crippen molar-refractivity contribution in [3.8, 4) is 11.5 Å². The first-order valence-corrected chi connectivity index (χ1v) is 8.16. The van der Waals surface area contributed by atoms with Gasteiger partial charge in [0.15, 0.2) is 11.5 Å². The molecule has 0 aliphatic carbocycles. The fourth-order valence-corrected chi connectivity index (χ4v) is 3.30. The van der Waals surface area contributed by atoms with Crippen molar-refractivity contribution in [1.82, 2.24) is 9.55 Å². The van der Waals surface area contributed by atoms with Crippen LogP contribution >= 0.6 is 0 Å². The smallest absolute Gasteiger partial charge is 0.248 e. The second kappa shape index (κ2) is 5.48. The number of para-hydroxylation sites is 2. The monoisotopic (exact) mass is 350 g/mol. The van der Waals surface area contributed by atoms with Crippen LogP contribution in [0.5, 0.6) is 11.5 Å². The predicted octanol–water partition coefficient (Wildman–Crippen LogP) is 2.29. The van der Waals surface area contributed by atoms with Crippen molar-refractivity contribution in [2.45, 2.75) is 12.5 Å². The second-order valence-electron chi connectivity index (χ2n) is 6.12. The molecule has 26 heavy (non-hydrogen) atoms. The Morgan fingerprint density at radius 3 is 2.96 bits per heavy atom. The number of nitrogens with one attached hydrogen (secondary N) is 2. The van der Waals surface area contributed by atoms with Crippen LogP contribution in [0, 0.1) is 0 Å². The zero-order chi connectivity index (χ0) is 17.7. The molecule has 0 radical (unpaired) electrons. The van der Waals surface area contributed by atoms with Gasteiger partial charge in [-0.25, -0.2) is 4.98 Å². The molecule has 8 nitrogen and oxygen atoms in total. The number of anilines is 2. The standard InChI is InChI=1S/C18H14N4O4/c23-16-8-13(22-12-4-2-1-3-11(12)20-18(22)21-16)17(24)19-10-5-6-14-15(7-10)26-9-25-14/h1-7,13H,8-9H2,(H,19,24)(H,20,21,23)/t13-/m1/s1. The number of amides is 2. The third kappa shape index (κ3) is 2.26. The van der Waals surface area contributed by atoms with Crippen LogP contribution in [0.1, 0.15) is 12.5 Å². The van der Waals surface area contributed by atoms with Crippen molar-refractivity contribution < 1.29 is 19.1 Å². The van der Waals surface area contributed by atoms with Crippen LogP contribution in [-0.4, -0.2) is 28.2 Å². The van der Waals surface area contributed by atoms with Gasteiger partial charge in [-0.15, -0.1) is 0 Å². The van der Waals surface area contributed by atoms with Gasteiger partial charge in [-0.2, -0.15) is 0 Å². The number of nitrogens with zero attached hydrogens (tertiary/aromatic N) is 2. The van der Waals surface area contributed by atoms with E-state index in [1.165, 1.54) is 0 Å². The van der Waals surface area contributed by atoms with Gasteiger partial charge in [0.2, 0.25) is 24.6 Å². The highest BCUT2D eigenvalue weighted by molar-refractivity contribution is 6.03. The molecule has 2 amide bonds. The number of hydrogen-bond acceptors (Lipinski definition) is 5. The molecule has 1 aromatic heterocycles. The molecule has 1 atom stereocenters. The van der Waals surface area contributed by atoms with Crippen molar-refractivity contribution >= 4 is 34.5 Å². The number of carbonyl (C=O) groups excluding carboxylic acids is 2. The van der Waals surface area contributed by atoms with E-state index in [0.717, 1.165) is 11.0 Å². The highest BCUT2D eigenvalue weighted by atomic mass is 16.7. The average molecular weight is 350 g/mol. The lowest BCUT2D eigenvalue weighted by molar-refractivity contribution is -0.124. The van der Waals surface area contributed by atoms with E-state index in [2.05, 4.69) is 15.6 Å². The van der Waals surface area contributed by atoms with Gasteiger partial charge in [-0.05, 0) is 24.3 Å². The summed E-state index contributed by atoms with van der Waals surface area (Å²) < 4.78 is 12.4. The van der Waals surface area contributed by atoms with Gasteiger partial charge < -0.3 is 14.8 Å². The summed E-state index contributed by atoms with van der Waals surface area (Å²) in [5.41, 5.74) is 2.11. The maximum atomic E-state index is 12.9. The summed E-state index contributed by atoms with van der Waals surface area (Å²) >= 11 is 0. The van der Waals surface area contributed by atoms with Gasteiger partial charge in [0.1, 0.15) is 6.04 Å². The molecule has 0 fully saturated rings. The van der Waals surface area contributed by atoms with E-state index in [9.17, 15) is 9.59 Å². The summed E-state index contributed by atoms with van der Waals surface area (Å²) in [6.45, 7) is 0.167. The fourth-order valence-electron chi connectivity index (χ4n) is 3.30. The Balaban J connectivity index is 1.50. The van der Waals surface area contributed by atoms with Crippen molar-refractivity contribution in [2.75, 3.05) is 17.4 Å². The van der Waals surface area contributed by atoms with Crippen LogP contribution in [-0.2, 0) is 9.59 Å². The van der Waals surface area contributed by atoms with E-state index in [-0.39, 0.29) is 25.0 Å². The number of ether oxygens (including phenoxy) is 2. The number of benzene rings is 2. The number of aromatic nitrogens is 2. The van der Waals surface area contributed by atoms with E-state index < -0.39 is 6.04 Å². The van der Waals surface area contributed by atoms with Crippen molar-refractivity contribution in [2.24, 2.45) is 0 Å². The van der Waals surface area contributed by atoms with Crippen molar-refractivity contribution in [1.29, 1.82) is 0 Å². The molecule has 3 heterocycles. The highest BCUT2D eigenvalue weighted by Gasteiger charge is 2.33.